The second kappa shape index (κ2) is 5.78. The average molecular weight is 276 g/mol. The molecule has 1 amide bonds. The first-order valence-corrected chi connectivity index (χ1v) is 5.73. The van der Waals surface area contributed by atoms with Crippen LogP contribution in [0.2, 0.25) is 0 Å². The number of nitrogens with zero attached hydrogens (tertiary/aromatic N) is 3. The van der Waals surface area contributed by atoms with Gasteiger partial charge >= 0.3 is 0 Å². The van der Waals surface area contributed by atoms with Crippen LogP contribution in [-0.2, 0) is 6.42 Å². The maximum absolute atomic E-state index is 11.9. The number of hydrogen-bond donors (Lipinski definition) is 3. The number of aromatic nitrogens is 3. The fourth-order valence-electron chi connectivity index (χ4n) is 1.57. The first-order valence-electron chi connectivity index (χ1n) is 5.73. The lowest BCUT2D eigenvalue weighted by Crippen LogP contribution is -2.27. The van der Waals surface area contributed by atoms with Crippen molar-refractivity contribution >= 4 is 17.4 Å². The summed E-state index contributed by atoms with van der Waals surface area (Å²) in [6.07, 6.45) is 4.76. The highest BCUT2D eigenvalue weighted by atomic mass is 16.6. The van der Waals surface area contributed by atoms with Crippen molar-refractivity contribution in [2.45, 2.75) is 6.42 Å². The number of nitrogens with one attached hydrogen (secondary N) is 2. The monoisotopic (exact) mass is 276 g/mol. The van der Waals surface area contributed by atoms with E-state index in [-0.39, 0.29) is 17.1 Å². The van der Waals surface area contributed by atoms with Crippen molar-refractivity contribution in [1.82, 2.24) is 20.3 Å². The SMILES string of the molecule is Nc1ncc([N+](=O)[O-])cc1C(=O)NCCc1cnc[nH]1. The van der Waals surface area contributed by atoms with E-state index < -0.39 is 10.8 Å². The minimum absolute atomic E-state index is 0.0104. The summed E-state index contributed by atoms with van der Waals surface area (Å²) in [7, 11) is 0. The number of amides is 1. The van der Waals surface area contributed by atoms with Gasteiger partial charge in [-0.05, 0) is 0 Å². The highest BCUT2D eigenvalue weighted by molar-refractivity contribution is 5.98. The predicted molar refractivity (Wildman–Crippen MR) is 69.9 cm³/mol. The van der Waals surface area contributed by atoms with Gasteiger partial charge in [-0.15, -0.1) is 0 Å². The lowest BCUT2D eigenvalue weighted by atomic mass is 10.2. The van der Waals surface area contributed by atoms with Crippen LogP contribution >= 0.6 is 0 Å². The zero-order valence-corrected chi connectivity index (χ0v) is 10.4. The molecule has 0 saturated carbocycles. The molecule has 0 saturated heterocycles. The number of nitrogen functional groups attached to an aromatic ring is 1. The van der Waals surface area contributed by atoms with Gasteiger partial charge in [0.25, 0.3) is 11.6 Å². The summed E-state index contributed by atoms with van der Waals surface area (Å²) >= 11 is 0. The van der Waals surface area contributed by atoms with Gasteiger partial charge in [0.1, 0.15) is 12.0 Å². The van der Waals surface area contributed by atoms with E-state index in [1.54, 1.807) is 12.5 Å². The maximum Gasteiger partial charge on any atom is 0.288 e. The standard InChI is InChI=1S/C11H12N6O3/c12-10-9(3-8(5-15-10)17(19)20)11(18)14-2-1-7-4-13-6-16-7/h3-6H,1-2H2,(H2,12,15)(H,13,16)(H,14,18). The number of H-pyrrole nitrogens is 1. The van der Waals surface area contributed by atoms with Gasteiger partial charge in [0.05, 0.1) is 16.8 Å². The fourth-order valence-corrected chi connectivity index (χ4v) is 1.57. The number of pyridine rings is 1. The molecular formula is C11H12N6O3. The number of aromatic amines is 1. The van der Waals surface area contributed by atoms with E-state index in [0.29, 0.717) is 13.0 Å². The smallest absolute Gasteiger partial charge is 0.288 e. The Labute approximate surface area is 113 Å². The van der Waals surface area contributed by atoms with E-state index >= 15 is 0 Å². The number of carbonyl (C=O) groups is 1. The molecule has 9 heteroatoms. The van der Waals surface area contributed by atoms with Crippen LogP contribution in [0.3, 0.4) is 0 Å². The summed E-state index contributed by atoms with van der Waals surface area (Å²) in [5, 5.41) is 13.3. The van der Waals surface area contributed by atoms with Crippen LogP contribution in [-0.4, -0.2) is 32.3 Å². The Morgan fingerprint density at radius 3 is 2.95 bits per heavy atom. The minimum atomic E-state index is -0.631. The van der Waals surface area contributed by atoms with Gasteiger partial charge in [-0.2, -0.15) is 0 Å². The van der Waals surface area contributed by atoms with Gasteiger partial charge in [-0.25, -0.2) is 9.97 Å². The number of carbonyl (C=O) groups excluding carboxylic acids is 1. The number of nitrogens with two attached hydrogens (primary N) is 1. The number of anilines is 1. The number of imidazole rings is 1. The first kappa shape index (κ1) is 13.5. The van der Waals surface area contributed by atoms with E-state index in [1.807, 2.05) is 0 Å². The molecule has 2 aromatic rings. The Kier molecular flexibility index (Phi) is 3.89. The number of nitro groups is 1. The molecule has 2 rings (SSSR count). The second-order valence-corrected chi connectivity index (χ2v) is 3.97. The normalized spacial score (nSPS) is 10.2. The topological polar surface area (TPSA) is 140 Å². The molecule has 0 aliphatic heterocycles. The van der Waals surface area contributed by atoms with Crippen LogP contribution in [0.15, 0.2) is 24.8 Å². The van der Waals surface area contributed by atoms with Crippen molar-refractivity contribution in [1.29, 1.82) is 0 Å². The molecule has 0 spiro atoms. The lowest BCUT2D eigenvalue weighted by Gasteiger charge is -2.06. The molecule has 0 atom stereocenters. The van der Waals surface area contributed by atoms with E-state index in [2.05, 4.69) is 20.3 Å². The summed E-state index contributed by atoms with van der Waals surface area (Å²) in [6, 6.07) is 1.11. The van der Waals surface area contributed by atoms with Crippen molar-refractivity contribution in [3.8, 4) is 0 Å². The van der Waals surface area contributed by atoms with Crippen LogP contribution in [0.1, 0.15) is 16.1 Å². The van der Waals surface area contributed by atoms with Crippen LogP contribution < -0.4 is 11.1 Å². The quantitative estimate of drug-likeness (QED) is 0.528. The summed E-state index contributed by atoms with van der Waals surface area (Å²) in [4.78, 5) is 32.3. The third-order valence-electron chi connectivity index (χ3n) is 2.59. The maximum atomic E-state index is 11.9. The van der Waals surface area contributed by atoms with E-state index in [9.17, 15) is 14.9 Å². The Hall–Kier alpha value is -2.97. The number of hydrogen-bond acceptors (Lipinski definition) is 6. The summed E-state index contributed by atoms with van der Waals surface area (Å²) in [6.45, 7) is 0.350. The van der Waals surface area contributed by atoms with Crippen LogP contribution in [0.25, 0.3) is 0 Å². The van der Waals surface area contributed by atoms with Gasteiger partial charge in [0, 0.05) is 30.9 Å². The van der Waals surface area contributed by atoms with Gasteiger partial charge < -0.3 is 16.0 Å². The second-order valence-electron chi connectivity index (χ2n) is 3.97. The van der Waals surface area contributed by atoms with Crippen molar-refractivity contribution < 1.29 is 9.72 Å². The van der Waals surface area contributed by atoms with Crippen LogP contribution in [0, 0.1) is 10.1 Å². The molecule has 104 valence electrons. The van der Waals surface area contributed by atoms with E-state index in [0.717, 1.165) is 18.0 Å². The molecule has 0 fully saturated rings. The van der Waals surface area contributed by atoms with E-state index in [4.69, 9.17) is 5.73 Å². The van der Waals surface area contributed by atoms with Gasteiger partial charge in [-0.3, -0.25) is 14.9 Å². The Morgan fingerprint density at radius 1 is 1.50 bits per heavy atom. The lowest BCUT2D eigenvalue weighted by molar-refractivity contribution is -0.385. The largest absolute Gasteiger partial charge is 0.383 e. The fraction of sp³-hybridized carbons (Fsp3) is 0.182. The zero-order chi connectivity index (χ0) is 14.5. The van der Waals surface area contributed by atoms with Crippen molar-refractivity contribution in [2.24, 2.45) is 0 Å². The van der Waals surface area contributed by atoms with Gasteiger partial charge in [-0.1, -0.05) is 0 Å². The van der Waals surface area contributed by atoms with Crippen LogP contribution in [0.5, 0.6) is 0 Å². The highest BCUT2D eigenvalue weighted by Gasteiger charge is 2.16. The molecule has 0 aliphatic rings. The summed E-state index contributed by atoms with van der Waals surface area (Å²) < 4.78 is 0. The molecule has 0 unspecified atom stereocenters. The molecule has 0 bridgehead atoms. The molecular weight excluding hydrogens is 264 g/mol. The summed E-state index contributed by atoms with van der Waals surface area (Å²) in [5.74, 6) is -0.548. The third kappa shape index (κ3) is 3.07. The molecule has 4 N–H and O–H groups in total. The summed E-state index contributed by atoms with van der Waals surface area (Å²) in [5.41, 5.74) is 6.13. The van der Waals surface area contributed by atoms with Crippen molar-refractivity contribution in [3.63, 3.8) is 0 Å². The highest BCUT2D eigenvalue weighted by Crippen LogP contribution is 2.16. The average Bonchev–Trinajstić information content (AvgIpc) is 2.92. The molecule has 2 heterocycles. The molecule has 20 heavy (non-hydrogen) atoms. The zero-order valence-electron chi connectivity index (χ0n) is 10.4. The molecule has 0 radical (unpaired) electrons. The number of rotatable bonds is 5. The Balaban J connectivity index is 2.01. The third-order valence-corrected chi connectivity index (χ3v) is 2.59. The van der Waals surface area contributed by atoms with E-state index in [1.165, 1.54) is 0 Å². The van der Waals surface area contributed by atoms with Crippen molar-refractivity contribution in [2.75, 3.05) is 12.3 Å². The first-order chi connectivity index (χ1) is 9.58. The Bertz CT molecular complexity index is 625. The van der Waals surface area contributed by atoms with Gasteiger partial charge in [0.2, 0.25) is 0 Å². The predicted octanol–water partition coefficient (Wildman–Crippen LogP) is 0.268. The molecule has 9 nitrogen and oxygen atoms in total. The molecule has 0 aliphatic carbocycles. The Morgan fingerprint density at radius 2 is 2.30 bits per heavy atom. The minimum Gasteiger partial charge on any atom is -0.383 e. The van der Waals surface area contributed by atoms with Crippen LogP contribution in [0.4, 0.5) is 11.5 Å². The molecule has 2 aromatic heterocycles. The van der Waals surface area contributed by atoms with Crippen molar-refractivity contribution in [3.05, 3.63) is 46.2 Å². The van der Waals surface area contributed by atoms with Gasteiger partial charge in [0.15, 0.2) is 0 Å². The molecule has 0 aromatic carbocycles.